The van der Waals surface area contributed by atoms with Crippen molar-refractivity contribution in [3.63, 3.8) is 0 Å². The van der Waals surface area contributed by atoms with Crippen molar-refractivity contribution in [2.45, 2.75) is 20.3 Å². The van der Waals surface area contributed by atoms with E-state index >= 15 is 0 Å². The van der Waals surface area contributed by atoms with Gasteiger partial charge in [0.25, 0.3) is 0 Å². The Kier molecular flexibility index (Phi) is 4.63. The lowest BCUT2D eigenvalue weighted by Gasteiger charge is -2.11. The van der Waals surface area contributed by atoms with Gasteiger partial charge < -0.3 is 15.8 Å². The minimum atomic E-state index is 0.334. The highest BCUT2D eigenvalue weighted by molar-refractivity contribution is 6.31. The van der Waals surface area contributed by atoms with Crippen LogP contribution in [0.15, 0.2) is 24.5 Å². The third-order valence-electron chi connectivity index (χ3n) is 2.73. The van der Waals surface area contributed by atoms with Crippen LogP contribution in [0.2, 0.25) is 5.02 Å². The summed E-state index contributed by atoms with van der Waals surface area (Å²) in [6, 6.07) is 5.39. The highest BCUT2D eigenvalue weighted by Gasteiger charge is 2.10. The smallest absolute Gasteiger partial charge is 0.248 e. The van der Waals surface area contributed by atoms with Gasteiger partial charge in [-0.1, -0.05) is 18.5 Å². The molecule has 0 radical (unpaired) electrons. The largest absolute Gasteiger partial charge is 0.437 e. The Labute approximate surface area is 123 Å². The molecule has 0 saturated heterocycles. The van der Waals surface area contributed by atoms with Gasteiger partial charge in [0.15, 0.2) is 5.82 Å². The van der Waals surface area contributed by atoms with Crippen LogP contribution in [0.1, 0.15) is 18.9 Å². The first-order valence-corrected chi connectivity index (χ1v) is 6.78. The Morgan fingerprint density at radius 3 is 2.85 bits per heavy atom. The average molecular weight is 293 g/mol. The SMILES string of the molecule is CCCNc1ncnc(Oc2ccc(Cl)c(C)c2)c1N. The maximum atomic E-state index is 6.00. The number of aromatic nitrogens is 2. The van der Waals surface area contributed by atoms with Crippen LogP contribution >= 0.6 is 11.6 Å². The van der Waals surface area contributed by atoms with Gasteiger partial charge in [-0.05, 0) is 37.1 Å². The fourth-order valence-corrected chi connectivity index (χ4v) is 1.75. The van der Waals surface area contributed by atoms with Gasteiger partial charge in [-0.3, -0.25) is 0 Å². The zero-order chi connectivity index (χ0) is 14.5. The molecule has 0 aliphatic rings. The van der Waals surface area contributed by atoms with Crippen LogP contribution in [0.3, 0.4) is 0 Å². The van der Waals surface area contributed by atoms with Gasteiger partial charge in [0, 0.05) is 11.6 Å². The number of halogens is 1. The monoisotopic (exact) mass is 292 g/mol. The van der Waals surface area contributed by atoms with Gasteiger partial charge >= 0.3 is 0 Å². The lowest BCUT2D eigenvalue weighted by molar-refractivity contribution is 0.464. The molecule has 0 fully saturated rings. The van der Waals surface area contributed by atoms with Crippen molar-refractivity contribution in [2.24, 2.45) is 0 Å². The molecule has 0 saturated carbocycles. The maximum absolute atomic E-state index is 6.00. The molecule has 0 spiro atoms. The normalized spacial score (nSPS) is 10.3. The molecule has 0 bridgehead atoms. The number of anilines is 2. The summed E-state index contributed by atoms with van der Waals surface area (Å²) in [7, 11) is 0. The molecule has 1 heterocycles. The predicted octanol–water partition coefficient (Wildman–Crippen LogP) is 3.63. The summed E-state index contributed by atoms with van der Waals surface area (Å²) in [5, 5.41) is 3.82. The van der Waals surface area contributed by atoms with Crippen molar-refractivity contribution in [1.29, 1.82) is 0 Å². The van der Waals surface area contributed by atoms with Crippen LogP contribution in [-0.2, 0) is 0 Å². The third-order valence-corrected chi connectivity index (χ3v) is 3.16. The zero-order valence-electron chi connectivity index (χ0n) is 11.5. The van der Waals surface area contributed by atoms with E-state index in [9.17, 15) is 0 Å². The molecule has 0 atom stereocenters. The van der Waals surface area contributed by atoms with Gasteiger partial charge in [0.2, 0.25) is 5.88 Å². The standard InChI is InChI=1S/C14H17ClN4O/c1-3-6-17-13-12(16)14(19-8-18-13)20-10-4-5-11(15)9(2)7-10/h4-5,7-8H,3,6,16H2,1-2H3,(H,17,18,19). The Hall–Kier alpha value is -2.01. The van der Waals surface area contributed by atoms with Crippen LogP contribution < -0.4 is 15.8 Å². The molecule has 2 aromatic rings. The van der Waals surface area contributed by atoms with Gasteiger partial charge in [0.05, 0.1) is 0 Å². The first-order chi connectivity index (χ1) is 9.61. The molecule has 6 heteroatoms. The van der Waals surface area contributed by atoms with Gasteiger partial charge in [-0.15, -0.1) is 0 Å². The van der Waals surface area contributed by atoms with E-state index in [-0.39, 0.29) is 0 Å². The zero-order valence-corrected chi connectivity index (χ0v) is 12.2. The maximum Gasteiger partial charge on any atom is 0.248 e. The van der Waals surface area contributed by atoms with E-state index < -0.39 is 0 Å². The van der Waals surface area contributed by atoms with Gasteiger partial charge in [0.1, 0.15) is 17.8 Å². The molecule has 0 aliphatic carbocycles. The Bertz CT molecular complexity index is 604. The third kappa shape index (κ3) is 3.30. The van der Waals surface area contributed by atoms with E-state index in [4.69, 9.17) is 22.1 Å². The van der Waals surface area contributed by atoms with Crippen molar-refractivity contribution >= 4 is 23.1 Å². The van der Waals surface area contributed by atoms with E-state index in [1.54, 1.807) is 12.1 Å². The first-order valence-electron chi connectivity index (χ1n) is 6.40. The molecular weight excluding hydrogens is 276 g/mol. The van der Waals surface area contributed by atoms with Crippen molar-refractivity contribution in [2.75, 3.05) is 17.6 Å². The minimum absolute atomic E-state index is 0.334. The number of nitrogens with two attached hydrogens (primary N) is 1. The summed E-state index contributed by atoms with van der Waals surface area (Å²) in [5.41, 5.74) is 7.33. The number of ether oxygens (including phenoxy) is 1. The number of hydrogen-bond acceptors (Lipinski definition) is 5. The summed E-state index contributed by atoms with van der Waals surface area (Å²) in [4.78, 5) is 8.16. The fraction of sp³-hybridized carbons (Fsp3) is 0.286. The summed E-state index contributed by atoms with van der Waals surface area (Å²) in [6.45, 7) is 4.77. The second kappa shape index (κ2) is 6.43. The minimum Gasteiger partial charge on any atom is -0.437 e. The van der Waals surface area contributed by atoms with Crippen LogP contribution in [0.5, 0.6) is 11.6 Å². The Balaban J connectivity index is 2.22. The lowest BCUT2D eigenvalue weighted by Crippen LogP contribution is -2.07. The number of nitrogens with zero attached hydrogens (tertiary/aromatic N) is 2. The molecule has 5 nitrogen and oxygen atoms in total. The molecule has 20 heavy (non-hydrogen) atoms. The molecule has 0 aliphatic heterocycles. The second-order valence-corrected chi connectivity index (χ2v) is 4.79. The Morgan fingerprint density at radius 2 is 2.15 bits per heavy atom. The topological polar surface area (TPSA) is 73.1 Å². The lowest BCUT2D eigenvalue weighted by atomic mass is 10.2. The number of nitrogens with one attached hydrogen (secondary N) is 1. The second-order valence-electron chi connectivity index (χ2n) is 4.38. The quantitative estimate of drug-likeness (QED) is 0.880. The first kappa shape index (κ1) is 14.4. The van der Waals surface area contributed by atoms with Crippen LogP contribution in [0.25, 0.3) is 0 Å². The molecular formula is C14H17ClN4O. The van der Waals surface area contributed by atoms with Crippen LogP contribution in [0.4, 0.5) is 11.5 Å². The van der Waals surface area contributed by atoms with Crippen molar-refractivity contribution in [3.8, 4) is 11.6 Å². The molecule has 0 unspecified atom stereocenters. The summed E-state index contributed by atoms with van der Waals surface area (Å²) < 4.78 is 5.69. The van der Waals surface area contributed by atoms with Crippen LogP contribution in [0, 0.1) is 6.92 Å². The molecule has 1 aromatic heterocycles. The van der Waals surface area contributed by atoms with Gasteiger partial charge in [-0.25, -0.2) is 4.98 Å². The summed E-state index contributed by atoms with van der Waals surface area (Å²) in [5.74, 6) is 1.56. The van der Waals surface area contributed by atoms with E-state index in [0.717, 1.165) is 18.5 Å². The molecule has 1 aromatic carbocycles. The molecule has 0 amide bonds. The number of aryl methyl sites for hydroxylation is 1. The van der Waals surface area contributed by atoms with Crippen molar-refractivity contribution < 1.29 is 4.74 Å². The fourth-order valence-electron chi connectivity index (χ4n) is 1.64. The number of hydrogen-bond donors (Lipinski definition) is 2. The molecule has 106 valence electrons. The average Bonchev–Trinajstić information content (AvgIpc) is 2.44. The number of rotatable bonds is 5. The van der Waals surface area contributed by atoms with Gasteiger partial charge in [-0.2, -0.15) is 4.98 Å². The highest BCUT2D eigenvalue weighted by Crippen LogP contribution is 2.30. The van der Waals surface area contributed by atoms with Crippen molar-refractivity contribution in [3.05, 3.63) is 35.1 Å². The molecule has 2 rings (SSSR count). The van der Waals surface area contributed by atoms with Crippen molar-refractivity contribution in [1.82, 2.24) is 9.97 Å². The van der Waals surface area contributed by atoms with Crippen LogP contribution in [-0.4, -0.2) is 16.5 Å². The van der Waals surface area contributed by atoms with E-state index in [1.165, 1.54) is 6.33 Å². The summed E-state index contributed by atoms with van der Waals surface area (Å²) in [6.07, 6.45) is 2.41. The predicted molar refractivity (Wildman–Crippen MR) is 81.5 cm³/mol. The highest BCUT2D eigenvalue weighted by atomic mass is 35.5. The molecule has 3 N–H and O–H groups in total. The number of benzene rings is 1. The summed E-state index contributed by atoms with van der Waals surface area (Å²) >= 11 is 5.98. The van der Waals surface area contributed by atoms with E-state index in [2.05, 4.69) is 22.2 Å². The van der Waals surface area contributed by atoms with E-state index in [0.29, 0.717) is 28.2 Å². The van der Waals surface area contributed by atoms with E-state index in [1.807, 2.05) is 13.0 Å². The number of nitrogen functional groups attached to an aromatic ring is 1. The Morgan fingerprint density at radius 1 is 1.35 bits per heavy atom.